The zero-order valence-electron chi connectivity index (χ0n) is 14.4. The van der Waals surface area contributed by atoms with Gasteiger partial charge in [-0.15, -0.1) is 0 Å². The molecule has 0 amide bonds. The van der Waals surface area contributed by atoms with E-state index < -0.39 is 0 Å². The molecule has 0 saturated heterocycles. The SMILES string of the molecule is CNC1CCC(C(C)(C)C)CC1CN(C)c1ccccc1. The molecule has 0 heterocycles. The molecule has 0 bridgehead atoms. The Morgan fingerprint density at radius 2 is 1.81 bits per heavy atom. The summed E-state index contributed by atoms with van der Waals surface area (Å²) in [4.78, 5) is 2.42. The normalized spacial score (nSPS) is 26.6. The quantitative estimate of drug-likeness (QED) is 0.894. The van der Waals surface area contributed by atoms with Gasteiger partial charge in [-0.25, -0.2) is 0 Å². The molecule has 1 N–H and O–H groups in total. The Labute approximate surface area is 130 Å². The van der Waals surface area contributed by atoms with E-state index in [1.807, 2.05) is 0 Å². The van der Waals surface area contributed by atoms with Crippen molar-refractivity contribution in [2.75, 3.05) is 25.5 Å². The number of para-hydroxylation sites is 1. The second kappa shape index (κ2) is 6.83. The smallest absolute Gasteiger partial charge is 0.0363 e. The molecule has 118 valence electrons. The van der Waals surface area contributed by atoms with Crippen molar-refractivity contribution in [2.45, 2.75) is 46.1 Å². The van der Waals surface area contributed by atoms with Crippen LogP contribution in [0.15, 0.2) is 30.3 Å². The van der Waals surface area contributed by atoms with Gasteiger partial charge in [0, 0.05) is 25.3 Å². The molecule has 1 aliphatic carbocycles. The zero-order chi connectivity index (χ0) is 15.5. The molecule has 1 fully saturated rings. The zero-order valence-corrected chi connectivity index (χ0v) is 14.4. The molecular formula is C19H32N2. The summed E-state index contributed by atoms with van der Waals surface area (Å²) in [6.45, 7) is 8.34. The summed E-state index contributed by atoms with van der Waals surface area (Å²) >= 11 is 0. The van der Waals surface area contributed by atoms with Gasteiger partial charge < -0.3 is 10.2 Å². The van der Waals surface area contributed by atoms with Crippen LogP contribution in [0.3, 0.4) is 0 Å². The van der Waals surface area contributed by atoms with Crippen molar-refractivity contribution < 1.29 is 0 Å². The minimum absolute atomic E-state index is 0.433. The van der Waals surface area contributed by atoms with Gasteiger partial charge in [-0.2, -0.15) is 0 Å². The van der Waals surface area contributed by atoms with E-state index in [9.17, 15) is 0 Å². The average Bonchev–Trinajstić information content (AvgIpc) is 2.47. The van der Waals surface area contributed by atoms with Crippen molar-refractivity contribution in [3.05, 3.63) is 30.3 Å². The molecule has 3 atom stereocenters. The maximum Gasteiger partial charge on any atom is 0.0363 e. The van der Waals surface area contributed by atoms with E-state index in [4.69, 9.17) is 0 Å². The van der Waals surface area contributed by atoms with Crippen LogP contribution < -0.4 is 10.2 Å². The number of hydrogen-bond acceptors (Lipinski definition) is 2. The Hall–Kier alpha value is -1.02. The van der Waals surface area contributed by atoms with Crippen LogP contribution in [-0.4, -0.2) is 26.7 Å². The van der Waals surface area contributed by atoms with Crippen LogP contribution in [0.25, 0.3) is 0 Å². The predicted molar refractivity (Wildman–Crippen MR) is 92.8 cm³/mol. The van der Waals surface area contributed by atoms with E-state index >= 15 is 0 Å². The Bertz CT molecular complexity index is 421. The number of rotatable bonds is 4. The Balaban J connectivity index is 2.04. The highest BCUT2D eigenvalue weighted by Gasteiger charge is 2.35. The van der Waals surface area contributed by atoms with Gasteiger partial charge in [-0.3, -0.25) is 0 Å². The third kappa shape index (κ3) is 4.23. The van der Waals surface area contributed by atoms with Gasteiger partial charge in [0.25, 0.3) is 0 Å². The van der Waals surface area contributed by atoms with Gasteiger partial charge in [0.05, 0.1) is 0 Å². The monoisotopic (exact) mass is 288 g/mol. The first-order valence-corrected chi connectivity index (χ1v) is 8.35. The number of nitrogens with zero attached hydrogens (tertiary/aromatic N) is 1. The molecule has 3 unspecified atom stereocenters. The largest absolute Gasteiger partial charge is 0.374 e. The minimum atomic E-state index is 0.433. The summed E-state index contributed by atoms with van der Waals surface area (Å²) in [6, 6.07) is 11.4. The lowest BCUT2D eigenvalue weighted by Gasteiger charge is -2.43. The molecule has 2 rings (SSSR count). The summed E-state index contributed by atoms with van der Waals surface area (Å²) in [7, 11) is 4.35. The third-order valence-electron chi connectivity index (χ3n) is 5.28. The van der Waals surface area contributed by atoms with Crippen molar-refractivity contribution >= 4 is 5.69 Å². The lowest BCUT2D eigenvalue weighted by molar-refractivity contribution is 0.119. The second-order valence-corrected chi connectivity index (χ2v) is 7.75. The van der Waals surface area contributed by atoms with Gasteiger partial charge in [0.15, 0.2) is 0 Å². The minimum Gasteiger partial charge on any atom is -0.374 e. The van der Waals surface area contributed by atoms with Crippen LogP contribution in [0.5, 0.6) is 0 Å². The molecule has 0 spiro atoms. The fraction of sp³-hybridized carbons (Fsp3) is 0.684. The van der Waals surface area contributed by atoms with E-state index in [2.05, 4.69) is 75.4 Å². The van der Waals surface area contributed by atoms with Gasteiger partial charge >= 0.3 is 0 Å². The molecular weight excluding hydrogens is 256 g/mol. The van der Waals surface area contributed by atoms with E-state index in [0.717, 1.165) is 18.4 Å². The maximum atomic E-state index is 3.56. The van der Waals surface area contributed by atoms with E-state index in [-0.39, 0.29) is 0 Å². The molecule has 2 heteroatoms. The van der Waals surface area contributed by atoms with E-state index in [1.165, 1.54) is 24.9 Å². The van der Waals surface area contributed by atoms with Crippen LogP contribution in [-0.2, 0) is 0 Å². The van der Waals surface area contributed by atoms with Crippen molar-refractivity contribution in [3.63, 3.8) is 0 Å². The van der Waals surface area contributed by atoms with Crippen LogP contribution >= 0.6 is 0 Å². The number of anilines is 1. The van der Waals surface area contributed by atoms with E-state index in [0.29, 0.717) is 11.5 Å². The molecule has 0 aromatic heterocycles. The predicted octanol–water partition coefficient (Wildman–Crippen LogP) is 4.17. The van der Waals surface area contributed by atoms with Gasteiger partial charge in [0.1, 0.15) is 0 Å². The number of hydrogen-bond donors (Lipinski definition) is 1. The summed E-state index contributed by atoms with van der Waals surface area (Å²) in [5.41, 5.74) is 1.76. The maximum absolute atomic E-state index is 3.56. The standard InChI is InChI=1S/C19H32N2/c1-19(2,3)16-11-12-18(20-4)15(13-16)14-21(5)17-9-7-6-8-10-17/h6-10,15-16,18,20H,11-14H2,1-5H3. The van der Waals surface area contributed by atoms with Gasteiger partial charge in [-0.05, 0) is 55.7 Å². The lowest BCUT2D eigenvalue weighted by atomic mass is 9.67. The average molecular weight is 288 g/mol. The fourth-order valence-electron chi connectivity index (χ4n) is 3.77. The Morgan fingerprint density at radius 1 is 1.14 bits per heavy atom. The Morgan fingerprint density at radius 3 is 2.38 bits per heavy atom. The molecule has 2 nitrogen and oxygen atoms in total. The van der Waals surface area contributed by atoms with Crippen LogP contribution in [0.2, 0.25) is 0 Å². The highest BCUT2D eigenvalue weighted by atomic mass is 15.1. The highest BCUT2D eigenvalue weighted by molar-refractivity contribution is 5.45. The highest BCUT2D eigenvalue weighted by Crippen LogP contribution is 2.40. The second-order valence-electron chi connectivity index (χ2n) is 7.75. The Kier molecular flexibility index (Phi) is 5.32. The van der Waals surface area contributed by atoms with Crippen molar-refractivity contribution in [3.8, 4) is 0 Å². The summed E-state index contributed by atoms with van der Waals surface area (Å²) in [5.74, 6) is 1.58. The molecule has 0 aliphatic heterocycles. The van der Waals surface area contributed by atoms with Crippen LogP contribution in [0, 0.1) is 17.3 Å². The van der Waals surface area contributed by atoms with Gasteiger partial charge in [0.2, 0.25) is 0 Å². The molecule has 1 aromatic carbocycles. The fourth-order valence-corrected chi connectivity index (χ4v) is 3.77. The van der Waals surface area contributed by atoms with Crippen LogP contribution in [0.1, 0.15) is 40.0 Å². The summed E-state index contributed by atoms with van der Waals surface area (Å²) in [6.07, 6.45) is 4.01. The summed E-state index contributed by atoms with van der Waals surface area (Å²) < 4.78 is 0. The lowest BCUT2D eigenvalue weighted by Crippen LogP contribution is -2.45. The number of benzene rings is 1. The van der Waals surface area contributed by atoms with Crippen molar-refractivity contribution in [1.82, 2.24) is 5.32 Å². The van der Waals surface area contributed by atoms with Crippen LogP contribution in [0.4, 0.5) is 5.69 Å². The third-order valence-corrected chi connectivity index (χ3v) is 5.28. The van der Waals surface area contributed by atoms with E-state index in [1.54, 1.807) is 0 Å². The first-order valence-electron chi connectivity index (χ1n) is 8.35. The first-order chi connectivity index (χ1) is 9.91. The van der Waals surface area contributed by atoms with Crippen molar-refractivity contribution in [2.24, 2.45) is 17.3 Å². The molecule has 1 aromatic rings. The molecule has 1 saturated carbocycles. The van der Waals surface area contributed by atoms with Gasteiger partial charge in [-0.1, -0.05) is 39.0 Å². The summed E-state index contributed by atoms with van der Waals surface area (Å²) in [5, 5.41) is 3.56. The molecule has 0 radical (unpaired) electrons. The molecule has 1 aliphatic rings. The first kappa shape index (κ1) is 16.4. The topological polar surface area (TPSA) is 15.3 Å². The molecule has 21 heavy (non-hydrogen) atoms. The number of nitrogens with one attached hydrogen (secondary N) is 1. The van der Waals surface area contributed by atoms with Crippen molar-refractivity contribution in [1.29, 1.82) is 0 Å².